The van der Waals surface area contributed by atoms with E-state index in [0.717, 1.165) is 53.7 Å². The summed E-state index contributed by atoms with van der Waals surface area (Å²) in [5, 5.41) is 20.8. The van der Waals surface area contributed by atoms with Crippen LogP contribution in [0.5, 0.6) is 5.75 Å². The first kappa shape index (κ1) is 24.4. The fraction of sp³-hybridized carbons (Fsp3) is 0.345. The first-order valence-electron chi connectivity index (χ1n) is 12.8. The molecule has 1 aliphatic rings. The van der Waals surface area contributed by atoms with Gasteiger partial charge >= 0.3 is 0 Å². The van der Waals surface area contributed by atoms with E-state index in [-0.39, 0.29) is 17.6 Å². The number of benzene rings is 3. The largest absolute Gasteiger partial charge is 0.506 e. The van der Waals surface area contributed by atoms with Crippen LogP contribution in [0.3, 0.4) is 0 Å². The average Bonchev–Trinajstić information content (AvgIpc) is 3.33. The third kappa shape index (κ3) is 5.12. The number of hydrogen-bond donors (Lipinski definition) is 1. The van der Waals surface area contributed by atoms with E-state index in [1.807, 2.05) is 60.3 Å². The van der Waals surface area contributed by atoms with Gasteiger partial charge in [-0.25, -0.2) is 0 Å². The molecule has 1 amide bonds. The van der Waals surface area contributed by atoms with Crippen molar-refractivity contribution in [2.75, 3.05) is 4.90 Å². The molecule has 0 bridgehead atoms. The van der Waals surface area contributed by atoms with Gasteiger partial charge in [-0.2, -0.15) is 0 Å². The van der Waals surface area contributed by atoms with Crippen molar-refractivity contribution in [3.05, 3.63) is 66.7 Å². The van der Waals surface area contributed by atoms with E-state index < -0.39 is 0 Å². The third-order valence-corrected chi connectivity index (χ3v) is 8.15. The van der Waals surface area contributed by atoms with Crippen LogP contribution in [0, 0.1) is 5.92 Å². The zero-order chi connectivity index (χ0) is 25.1. The molecule has 1 unspecified atom stereocenters. The molecule has 1 atom stereocenters. The van der Waals surface area contributed by atoms with E-state index >= 15 is 0 Å². The molecule has 0 saturated heterocycles. The number of anilines is 2. The zero-order valence-electron chi connectivity index (χ0n) is 20.8. The standard InChI is InChI=1S/C29H32N4O2S/c1-3-20(2)36-24-15-16-25-26(19-24)31-33(30-25)27-17-14-23(18-28(27)34)32(22-12-8-5-9-13-22)29(35)21-10-6-4-7-11-21/h5,8-9,12-21,34H,3-4,6-7,10-11H2,1-2H3. The zero-order valence-corrected chi connectivity index (χ0v) is 21.6. The molecule has 0 radical (unpaired) electrons. The molecule has 3 aromatic carbocycles. The van der Waals surface area contributed by atoms with Crippen LogP contribution < -0.4 is 4.90 Å². The molecule has 1 saturated carbocycles. The highest BCUT2D eigenvalue weighted by Crippen LogP contribution is 2.36. The lowest BCUT2D eigenvalue weighted by Gasteiger charge is -2.29. The van der Waals surface area contributed by atoms with E-state index in [9.17, 15) is 9.90 Å². The number of thioether (sulfide) groups is 1. The smallest absolute Gasteiger partial charge is 0.234 e. The number of aromatic hydroxyl groups is 1. The summed E-state index contributed by atoms with van der Waals surface area (Å²) >= 11 is 1.82. The van der Waals surface area contributed by atoms with E-state index in [4.69, 9.17) is 0 Å². The number of aromatic nitrogens is 3. The van der Waals surface area contributed by atoms with Crippen LogP contribution in [0.1, 0.15) is 52.4 Å². The number of rotatable bonds is 7. The van der Waals surface area contributed by atoms with Crippen molar-refractivity contribution in [3.63, 3.8) is 0 Å². The Morgan fingerprint density at radius 2 is 1.75 bits per heavy atom. The second-order valence-electron chi connectivity index (χ2n) is 9.49. The van der Waals surface area contributed by atoms with E-state index in [1.54, 1.807) is 17.0 Å². The summed E-state index contributed by atoms with van der Waals surface area (Å²) in [4.78, 5) is 18.0. The van der Waals surface area contributed by atoms with Gasteiger partial charge in [0.05, 0.1) is 5.69 Å². The van der Waals surface area contributed by atoms with Gasteiger partial charge in [0.1, 0.15) is 22.5 Å². The summed E-state index contributed by atoms with van der Waals surface area (Å²) in [5.74, 6) is 0.114. The Morgan fingerprint density at radius 1 is 1.00 bits per heavy atom. The number of carbonyl (C=O) groups excluding carboxylic acids is 1. The van der Waals surface area contributed by atoms with Crippen LogP contribution in [-0.4, -0.2) is 31.3 Å². The van der Waals surface area contributed by atoms with Gasteiger partial charge in [0.2, 0.25) is 5.91 Å². The van der Waals surface area contributed by atoms with Crippen LogP contribution in [0.2, 0.25) is 0 Å². The molecule has 7 heteroatoms. The quantitative estimate of drug-likeness (QED) is 0.270. The second kappa shape index (κ2) is 10.7. The Bertz CT molecular complexity index is 1350. The summed E-state index contributed by atoms with van der Waals surface area (Å²) in [6.45, 7) is 4.39. The first-order chi connectivity index (χ1) is 17.5. The molecule has 5 rings (SSSR count). The number of phenolic OH excluding ortho intramolecular Hbond substituents is 1. The molecule has 0 aliphatic heterocycles. The minimum Gasteiger partial charge on any atom is -0.506 e. The fourth-order valence-electron chi connectivity index (χ4n) is 4.72. The highest BCUT2D eigenvalue weighted by atomic mass is 32.2. The molecule has 1 aromatic heterocycles. The maximum Gasteiger partial charge on any atom is 0.234 e. The molecule has 6 nitrogen and oxygen atoms in total. The van der Waals surface area contributed by atoms with Crippen molar-refractivity contribution in [1.82, 2.24) is 15.0 Å². The SMILES string of the molecule is CCC(C)Sc1ccc2nn(-c3ccc(N(C(=O)C4CCCCC4)c4ccccc4)cc3O)nc2c1. The monoisotopic (exact) mass is 500 g/mol. The first-order valence-corrected chi connectivity index (χ1v) is 13.7. The molecule has 1 aliphatic carbocycles. The van der Waals surface area contributed by atoms with Gasteiger partial charge in [0, 0.05) is 27.8 Å². The maximum atomic E-state index is 13.6. The lowest BCUT2D eigenvalue weighted by atomic mass is 9.88. The summed E-state index contributed by atoms with van der Waals surface area (Å²) in [6.07, 6.45) is 6.27. The van der Waals surface area contributed by atoms with E-state index in [2.05, 4.69) is 30.1 Å². The Balaban J connectivity index is 1.47. The Labute approximate surface area is 216 Å². The Hall–Kier alpha value is -3.32. The number of carbonyl (C=O) groups is 1. The van der Waals surface area contributed by atoms with Gasteiger partial charge in [0.15, 0.2) is 0 Å². The predicted octanol–water partition coefficient (Wildman–Crippen LogP) is 7.26. The summed E-state index contributed by atoms with van der Waals surface area (Å²) in [7, 11) is 0. The lowest BCUT2D eigenvalue weighted by Crippen LogP contribution is -2.33. The number of nitrogens with zero attached hydrogens (tertiary/aromatic N) is 4. The van der Waals surface area contributed by atoms with Gasteiger partial charge in [-0.3, -0.25) is 9.69 Å². The molecule has 4 aromatic rings. The van der Waals surface area contributed by atoms with Gasteiger partial charge in [-0.15, -0.1) is 26.8 Å². The summed E-state index contributed by atoms with van der Waals surface area (Å²) in [5.41, 5.74) is 3.47. The van der Waals surface area contributed by atoms with Gasteiger partial charge in [-0.05, 0) is 61.7 Å². The molecule has 36 heavy (non-hydrogen) atoms. The van der Waals surface area contributed by atoms with Gasteiger partial charge < -0.3 is 5.11 Å². The average molecular weight is 501 g/mol. The molecular weight excluding hydrogens is 468 g/mol. The normalized spacial score (nSPS) is 15.2. The molecule has 1 heterocycles. The Kier molecular flexibility index (Phi) is 7.28. The van der Waals surface area contributed by atoms with Crippen molar-refractivity contribution in [3.8, 4) is 11.4 Å². The molecule has 186 valence electrons. The fourth-order valence-corrected chi connectivity index (χ4v) is 5.68. The van der Waals surface area contributed by atoms with Gasteiger partial charge in [0.25, 0.3) is 0 Å². The molecule has 0 spiro atoms. The number of fused-ring (bicyclic) bond motifs is 1. The van der Waals surface area contributed by atoms with Crippen LogP contribution in [0.25, 0.3) is 16.7 Å². The van der Waals surface area contributed by atoms with Crippen molar-refractivity contribution in [2.45, 2.75) is 62.5 Å². The molecule has 1 fully saturated rings. The highest BCUT2D eigenvalue weighted by Gasteiger charge is 2.28. The number of amides is 1. The van der Waals surface area contributed by atoms with Crippen molar-refractivity contribution >= 4 is 40.1 Å². The second-order valence-corrected chi connectivity index (χ2v) is 11.0. The van der Waals surface area contributed by atoms with E-state index in [0.29, 0.717) is 16.6 Å². The van der Waals surface area contributed by atoms with Crippen LogP contribution in [-0.2, 0) is 4.79 Å². The number of para-hydroxylation sites is 1. The van der Waals surface area contributed by atoms with Gasteiger partial charge in [-0.1, -0.05) is 51.3 Å². The molecular formula is C29H32N4O2S. The summed E-state index contributed by atoms with van der Waals surface area (Å²) in [6, 6.07) is 21.0. The minimum atomic E-state index is 0.00125. The number of hydrogen-bond acceptors (Lipinski definition) is 5. The minimum absolute atomic E-state index is 0.00125. The van der Waals surface area contributed by atoms with Crippen molar-refractivity contribution in [1.29, 1.82) is 0 Å². The number of phenols is 1. The predicted molar refractivity (Wildman–Crippen MR) is 146 cm³/mol. The maximum absolute atomic E-state index is 13.6. The van der Waals surface area contributed by atoms with Crippen molar-refractivity contribution < 1.29 is 9.90 Å². The van der Waals surface area contributed by atoms with Crippen LogP contribution >= 0.6 is 11.8 Å². The van der Waals surface area contributed by atoms with E-state index in [1.165, 1.54) is 11.2 Å². The lowest BCUT2D eigenvalue weighted by molar-refractivity contribution is -0.122. The summed E-state index contributed by atoms with van der Waals surface area (Å²) < 4.78 is 0. The Morgan fingerprint density at radius 3 is 2.47 bits per heavy atom. The van der Waals surface area contributed by atoms with Crippen LogP contribution in [0.4, 0.5) is 11.4 Å². The topological polar surface area (TPSA) is 71.2 Å². The molecule has 1 N–H and O–H groups in total. The van der Waals surface area contributed by atoms with Crippen molar-refractivity contribution in [2.24, 2.45) is 5.92 Å². The highest BCUT2D eigenvalue weighted by molar-refractivity contribution is 8.00. The van der Waals surface area contributed by atoms with Crippen LogP contribution in [0.15, 0.2) is 71.6 Å². The third-order valence-electron chi connectivity index (χ3n) is 6.89.